The minimum Gasteiger partial charge on any atom is -0.465 e. The highest BCUT2D eigenvalue weighted by Gasteiger charge is 2.31. The normalized spacial score (nSPS) is 22.9. The molecule has 0 heterocycles. The topological polar surface area (TPSA) is 38.3 Å². The largest absolute Gasteiger partial charge is 0.465 e. The van der Waals surface area contributed by atoms with E-state index in [0.717, 1.165) is 12.5 Å². The number of hydrogen-bond donors (Lipinski definition) is 1. The molecule has 1 saturated carbocycles. The van der Waals surface area contributed by atoms with Crippen LogP contribution in [0.1, 0.15) is 29.3 Å². The van der Waals surface area contributed by atoms with Crippen LogP contribution in [0, 0.1) is 5.92 Å². The van der Waals surface area contributed by atoms with E-state index in [1.54, 1.807) is 12.1 Å². The van der Waals surface area contributed by atoms with Crippen LogP contribution in [0.3, 0.4) is 0 Å². The molecule has 1 aromatic rings. The van der Waals surface area contributed by atoms with Gasteiger partial charge in [-0.2, -0.15) is 0 Å². The summed E-state index contributed by atoms with van der Waals surface area (Å²) >= 11 is 0. The summed E-state index contributed by atoms with van der Waals surface area (Å²) in [5, 5.41) is 3.47. The Kier molecular flexibility index (Phi) is 3.25. The lowest BCUT2D eigenvalue weighted by atomic mass is 10.1. The van der Waals surface area contributed by atoms with E-state index in [2.05, 4.69) is 17.0 Å². The second-order valence-corrected chi connectivity index (χ2v) is 4.39. The number of ether oxygens (including phenoxy) is 1. The summed E-state index contributed by atoms with van der Waals surface area (Å²) in [6.45, 7) is 3.12. The Morgan fingerprint density at radius 1 is 1.44 bits per heavy atom. The van der Waals surface area contributed by atoms with Crippen LogP contribution >= 0.6 is 0 Å². The summed E-state index contributed by atoms with van der Waals surface area (Å²) in [6, 6.07) is 8.22. The lowest BCUT2D eigenvalue weighted by Crippen LogP contribution is -2.17. The second-order valence-electron chi connectivity index (χ2n) is 4.39. The van der Waals surface area contributed by atoms with Gasteiger partial charge in [0.1, 0.15) is 0 Å². The molecule has 0 saturated heterocycles. The number of methoxy groups -OCH3 is 1. The van der Waals surface area contributed by atoms with Crippen molar-refractivity contribution in [1.82, 2.24) is 5.32 Å². The number of rotatable bonds is 4. The summed E-state index contributed by atoms with van der Waals surface area (Å²) in [5.74, 6) is 0.532. The number of esters is 1. The van der Waals surface area contributed by atoms with Crippen molar-refractivity contribution in [1.29, 1.82) is 0 Å². The van der Waals surface area contributed by atoms with E-state index < -0.39 is 0 Å². The van der Waals surface area contributed by atoms with Crippen LogP contribution in [0.4, 0.5) is 0 Å². The molecule has 2 atom stereocenters. The van der Waals surface area contributed by atoms with Crippen LogP contribution in [0.25, 0.3) is 0 Å². The summed E-state index contributed by atoms with van der Waals surface area (Å²) in [4.78, 5) is 11.2. The van der Waals surface area contributed by atoms with Gasteiger partial charge in [0.2, 0.25) is 0 Å². The molecule has 3 heteroatoms. The molecule has 3 nitrogen and oxygen atoms in total. The predicted octanol–water partition coefficient (Wildman–Crippen LogP) is 1.97. The van der Waals surface area contributed by atoms with Gasteiger partial charge in [-0.25, -0.2) is 4.79 Å². The fourth-order valence-corrected chi connectivity index (χ4v) is 1.73. The van der Waals surface area contributed by atoms with E-state index in [1.807, 2.05) is 12.1 Å². The van der Waals surface area contributed by atoms with Crippen molar-refractivity contribution in [2.75, 3.05) is 7.11 Å². The van der Waals surface area contributed by atoms with Crippen LogP contribution in [-0.4, -0.2) is 19.1 Å². The molecule has 0 aliphatic heterocycles. The van der Waals surface area contributed by atoms with E-state index in [4.69, 9.17) is 0 Å². The Morgan fingerprint density at radius 3 is 2.56 bits per heavy atom. The summed E-state index contributed by atoms with van der Waals surface area (Å²) in [6.07, 6.45) is 1.28. The Hall–Kier alpha value is -1.35. The zero-order chi connectivity index (χ0) is 11.5. The highest BCUT2D eigenvalue weighted by Crippen LogP contribution is 2.29. The van der Waals surface area contributed by atoms with Gasteiger partial charge in [0.15, 0.2) is 0 Å². The fourth-order valence-electron chi connectivity index (χ4n) is 1.73. The van der Waals surface area contributed by atoms with Gasteiger partial charge < -0.3 is 10.1 Å². The van der Waals surface area contributed by atoms with Crippen LogP contribution < -0.4 is 5.32 Å². The lowest BCUT2D eigenvalue weighted by molar-refractivity contribution is 0.0600. The molecule has 1 aliphatic rings. The third-order valence-electron chi connectivity index (χ3n) is 3.05. The van der Waals surface area contributed by atoms with Crippen molar-refractivity contribution in [2.45, 2.75) is 25.9 Å². The van der Waals surface area contributed by atoms with Gasteiger partial charge in [0.25, 0.3) is 0 Å². The molecule has 2 rings (SSSR count). The molecule has 1 N–H and O–H groups in total. The number of nitrogens with one attached hydrogen (secondary N) is 1. The van der Waals surface area contributed by atoms with Gasteiger partial charge in [0.05, 0.1) is 12.7 Å². The smallest absolute Gasteiger partial charge is 0.337 e. The van der Waals surface area contributed by atoms with Crippen LogP contribution in [0.15, 0.2) is 24.3 Å². The third-order valence-corrected chi connectivity index (χ3v) is 3.05. The first kappa shape index (κ1) is 11.1. The van der Waals surface area contributed by atoms with Gasteiger partial charge in [-0.1, -0.05) is 19.1 Å². The van der Waals surface area contributed by atoms with E-state index in [0.29, 0.717) is 11.6 Å². The molecule has 0 aromatic heterocycles. The van der Waals surface area contributed by atoms with Crippen molar-refractivity contribution >= 4 is 5.97 Å². The summed E-state index contributed by atoms with van der Waals surface area (Å²) < 4.78 is 4.64. The van der Waals surface area contributed by atoms with Crippen molar-refractivity contribution < 1.29 is 9.53 Å². The number of carbonyl (C=O) groups is 1. The van der Waals surface area contributed by atoms with E-state index in [1.165, 1.54) is 19.1 Å². The summed E-state index contributed by atoms with van der Waals surface area (Å²) in [7, 11) is 1.40. The second kappa shape index (κ2) is 4.66. The molecule has 0 bridgehead atoms. The molecule has 0 radical (unpaired) electrons. The first-order chi connectivity index (χ1) is 7.70. The predicted molar refractivity (Wildman–Crippen MR) is 62.2 cm³/mol. The van der Waals surface area contributed by atoms with Gasteiger partial charge in [-0.3, -0.25) is 0 Å². The Bertz CT molecular complexity index is 372. The Labute approximate surface area is 95.8 Å². The molecule has 16 heavy (non-hydrogen) atoms. The molecule has 0 spiro atoms. The van der Waals surface area contributed by atoms with Crippen molar-refractivity contribution in [2.24, 2.45) is 5.92 Å². The van der Waals surface area contributed by atoms with Crippen LogP contribution in [0.5, 0.6) is 0 Å². The van der Waals surface area contributed by atoms with E-state index >= 15 is 0 Å². The monoisotopic (exact) mass is 219 g/mol. The maximum atomic E-state index is 11.2. The third kappa shape index (κ3) is 2.61. The highest BCUT2D eigenvalue weighted by molar-refractivity contribution is 5.89. The molecule has 86 valence electrons. The van der Waals surface area contributed by atoms with Crippen molar-refractivity contribution in [3.05, 3.63) is 35.4 Å². The average Bonchev–Trinajstić information content (AvgIpc) is 3.02. The number of benzene rings is 1. The quantitative estimate of drug-likeness (QED) is 0.787. The highest BCUT2D eigenvalue weighted by atomic mass is 16.5. The zero-order valence-electron chi connectivity index (χ0n) is 9.69. The molecule has 1 aliphatic carbocycles. The minimum atomic E-state index is -0.282. The molecule has 0 amide bonds. The Balaban J connectivity index is 1.89. The van der Waals surface area contributed by atoms with Gasteiger partial charge >= 0.3 is 5.97 Å². The molecular formula is C13H17NO2. The van der Waals surface area contributed by atoms with E-state index in [9.17, 15) is 4.79 Å². The van der Waals surface area contributed by atoms with Crippen LogP contribution in [-0.2, 0) is 11.3 Å². The van der Waals surface area contributed by atoms with Crippen LogP contribution in [0.2, 0.25) is 0 Å². The van der Waals surface area contributed by atoms with Gasteiger partial charge in [0, 0.05) is 12.6 Å². The Morgan fingerprint density at radius 2 is 2.06 bits per heavy atom. The minimum absolute atomic E-state index is 0.282. The SMILES string of the molecule is COC(=O)c1ccc(CNC2CC2C)cc1. The average molecular weight is 219 g/mol. The molecule has 2 unspecified atom stereocenters. The maximum Gasteiger partial charge on any atom is 0.337 e. The molecular weight excluding hydrogens is 202 g/mol. The fraction of sp³-hybridized carbons (Fsp3) is 0.462. The lowest BCUT2D eigenvalue weighted by Gasteiger charge is -2.04. The number of hydrogen-bond acceptors (Lipinski definition) is 3. The standard InChI is InChI=1S/C13H17NO2/c1-9-7-12(9)14-8-10-3-5-11(6-4-10)13(15)16-2/h3-6,9,12,14H,7-8H2,1-2H3. The van der Waals surface area contributed by atoms with E-state index in [-0.39, 0.29) is 5.97 Å². The van der Waals surface area contributed by atoms with Crippen molar-refractivity contribution in [3.8, 4) is 0 Å². The maximum absolute atomic E-state index is 11.2. The first-order valence-electron chi connectivity index (χ1n) is 5.61. The first-order valence-corrected chi connectivity index (χ1v) is 5.61. The molecule has 1 aromatic carbocycles. The summed E-state index contributed by atoms with van der Waals surface area (Å²) in [5.41, 5.74) is 1.80. The number of carbonyl (C=O) groups excluding carboxylic acids is 1. The van der Waals surface area contributed by atoms with Gasteiger partial charge in [-0.05, 0) is 30.0 Å². The zero-order valence-corrected chi connectivity index (χ0v) is 9.69. The molecule has 1 fully saturated rings. The van der Waals surface area contributed by atoms with Crippen molar-refractivity contribution in [3.63, 3.8) is 0 Å². The van der Waals surface area contributed by atoms with Gasteiger partial charge in [-0.15, -0.1) is 0 Å².